The fourth-order valence-electron chi connectivity index (χ4n) is 5.04. The molecule has 200 valence electrons. The van der Waals surface area contributed by atoms with Gasteiger partial charge in [-0.1, -0.05) is 54.6 Å². The van der Waals surface area contributed by atoms with Gasteiger partial charge < -0.3 is 14.4 Å². The van der Waals surface area contributed by atoms with E-state index in [4.69, 9.17) is 9.47 Å². The number of fused-ring (bicyclic) bond motifs is 1. The summed E-state index contributed by atoms with van der Waals surface area (Å²) in [5.74, 6) is 0. The maximum Gasteiger partial charge on any atom is 0.410 e. The van der Waals surface area contributed by atoms with E-state index in [9.17, 15) is 9.59 Å². The van der Waals surface area contributed by atoms with Gasteiger partial charge in [0.1, 0.15) is 11.3 Å². The summed E-state index contributed by atoms with van der Waals surface area (Å²) in [6.07, 6.45) is 2.01. The van der Waals surface area contributed by atoms with Gasteiger partial charge in [0.05, 0.1) is 5.52 Å². The Hall–Kier alpha value is -4.03. The number of hydrogen-bond acceptors (Lipinski definition) is 5. The topological polar surface area (TPSA) is 68.7 Å². The van der Waals surface area contributed by atoms with Gasteiger partial charge in [-0.15, -0.1) is 0 Å². The molecule has 1 fully saturated rings. The molecule has 0 bridgehead atoms. The largest absolute Gasteiger partial charge is 0.444 e. The quantitative estimate of drug-likeness (QED) is 0.249. The molecule has 0 spiro atoms. The van der Waals surface area contributed by atoms with Gasteiger partial charge in [-0.05, 0) is 85.7 Å². The van der Waals surface area contributed by atoms with Gasteiger partial charge in [-0.3, -0.25) is 4.79 Å². The fraction of sp³-hybridized carbons (Fsp3) is 0.303. The second kappa shape index (κ2) is 11.4. The predicted octanol–water partition coefficient (Wildman–Crippen LogP) is 7.30. The molecule has 1 saturated heterocycles. The van der Waals surface area contributed by atoms with E-state index in [0.29, 0.717) is 25.5 Å². The zero-order valence-corrected chi connectivity index (χ0v) is 22.7. The molecule has 6 nitrogen and oxygen atoms in total. The summed E-state index contributed by atoms with van der Waals surface area (Å²) in [7, 11) is 0. The highest BCUT2D eigenvalue weighted by atomic mass is 16.6. The number of rotatable bonds is 6. The first kappa shape index (κ1) is 26.6. The molecule has 0 aliphatic carbocycles. The number of aromatic nitrogens is 1. The zero-order chi connectivity index (χ0) is 27.4. The van der Waals surface area contributed by atoms with E-state index in [2.05, 4.69) is 41.4 Å². The average molecular weight is 523 g/mol. The number of carbonyl (C=O) groups excluding carboxylic acids is 2. The number of nitrogens with zero attached hydrogens (tertiary/aromatic N) is 2. The summed E-state index contributed by atoms with van der Waals surface area (Å²) >= 11 is 0. The lowest BCUT2D eigenvalue weighted by atomic mass is 9.95. The van der Waals surface area contributed by atoms with Crippen LogP contribution in [-0.4, -0.2) is 47.1 Å². The Morgan fingerprint density at radius 2 is 1.67 bits per heavy atom. The monoisotopic (exact) mass is 522 g/mol. The van der Waals surface area contributed by atoms with Crippen LogP contribution in [0.4, 0.5) is 4.79 Å². The minimum absolute atomic E-state index is 0.0434. The Morgan fingerprint density at radius 3 is 2.38 bits per heavy atom. The molecule has 4 aromatic rings. The lowest BCUT2D eigenvalue weighted by Crippen LogP contribution is -2.45. The highest BCUT2D eigenvalue weighted by Crippen LogP contribution is 2.33. The van der Waals surface area contributed by atoms with Crippen LogP contribution in [0.25, 0.3) is 33.2 Å². The minimum atomic E-state index is -0.587. The molecule has 5 rings (SSSR count). The van der Waals surface area contributed by atoms with Crippen LogP contribution in [0.1, 0.15) is 49.7 Å². The number of aldehydes is 1. The van der Waals surface area contributed by atoms with Crippen LogP contribution in [-0.2, 0) is 16.0 Å². The molecule has 1 aromatic heterocycles. The van der Waals surface area contributed by atoms with Gasteiger partial charge in [-0.25, -0.2) is 9.78 Å². The number of amides is 1. The van der Waals surface area contributed by atoms with Crippen LogP contribution in [0, 0.1) is 0 Å². The van der Waals surface area contributed by atoms with E-state index in [1.165, 1.54) is 0 Å². The maximum atomic E-state index is 13.3. The molecular formula is C33H34N2O4. The van der Waals surface area contributed by atoms with Crippen molar-refractivity contribution in [2.45, 2.75) is 51.8 Å². The molecule has 0 saturated carbocycles. The van der Waals surface area contributed by atoms with E-state index in [1.807, 2.05) is 68.1 Å². The first-order valence-electron chi connectivity index (χ1n) is 13.4. The smallest absolute Gasteiger partial charge is 0.410 e. The Bertz CT molecular complexity index is 1470. The number of benzene rings is 3. The number of carbonyl (C=O) groups is 2. The predicted molar refractivity (Wildman–Crippen MR) is 154 cm³/mol. The summed E-state index contributed by atoms with van der Waals surface area (Å²) in [5.41, 5.74) is 5.65. The summed E-state index contributed by atoms with van der Waals surface area (Å²) in [5, 5.41) is 0.930. The molecular weight excluding hydrogens is 488 g/mol. The van der Waals surface area contributed by atoms with E-state index in [1.54, 1.807) is 0 Å². The first-order chi connectivity index (χ1) is 18.8. The van der Waals surface area contributed by atoms with Crippen molar-refractivity contribution in [3.8, 4) is 22.3 Å². The van der Waals surface area contributed by atoms with Gasteiger partial charge in [0, 0.05) is 31.2 Å². The van der Waals surface area contributed by atoms with E-state index in [-0.39, 0.29) is 12.1 Å². The van der Waals surface area contributed by atoms with Gasteiger partial charge in [0.15, 0.2) is 6.29 Å². The van der Waals surface area contributed by atoms with Crippen molar-refractivity contribution < 1.29 is 19.1 Å². The van der Waals surface area contributed by atoms with Gasteiger partial charge in [-0.2, -0.15) is 0 Å². The summed E-state index contributed by atoms with van der Waals surface area (Å²) in [4.78, 5) is 31.4. The van der Waals surface area contributed by atoms with Crippen LogP contribution in [0.15, 0.2) is 78.9 Å². The van der Waals surface area contributed by atoms with E-state index >= 15 is 0 Å². The summed E-state index contributed by atoms with van der Waals surface area (Å²) < 4.78 is 11.3. The lowest BCUT2D eigenvalue weighted by Gasteiger charge is -2.35. The molecule has 1 aliphatic heterocycles. The molecule has 39 heavy (non-hydrogen) atoms. The van der Waals surface area contributed by atoms with Crippen molar-refractivity contribution in [1.29, 1.82) is 0 Å². The molecule has 0 radical (unpaired) electrons. The van der Waals surface area contributed by atoms with Crippen molar-refractivity contribution in [1.82, 2.24) is 9.88 Å². The van der Waals surface area contributed by atoms with Gasteiger partial charge >= 0.3 is 6.09 Å². The third-order valence-electron chi connectivity index (χ3n) is 6.91. The second-order valence-electron chi connectivity index (χ2n) is 11.0. The lowest BCUT2D eigenvalue weighted by molar-refractivity contribution is -0.00808. The van der Waals surface area contributed by atoms with Crippen molar-refractivity contribution in [2.24, 2.45) is 0 Å². The first-order valence-corrected chi connectivity index (χ1v) is 13.4. The molecule has 0 atom stereocenters. The molecule has 6 heteroatoms. The van der Waals surface area contributed by atoms with Crippen molar-refractivity contribution in [3.05, 3.63) is 90.1 Å². The van der Waals surface area contributed by atoms with Crippen molar-refractivity contribution in [2.75, 3.05) is 13.2 Å². The molecule has 1 amide bonds. The van der Waals surface area contributed by atoms with Crippen LogP contribution >= 0.6 is 0 Å². The minimum Gasteiger partial charge on any atom is -0.444 e. The molecule has 2 heterocycles. The Balaban J connectivity index is 1.55. The van der Waals surface area contributed by atoms with Gasteiger partial charge in [0.2, 0.25) is 0 Å². The third kappa shape index (κ3) is 6.35. The fourth-order valence-corrected chi connectivity index (χ4v) is 5.04. The molecule has 0 unspecified atom stereocenters. The second-order valence-corrected chi connectivity index (χ2v) is 11.0. The van der Waals surface area contributed by atoms with Crippen LogP contribution in [0.3, 0.4) is 0 Å². The molecule has 0 N–H and O–H groups in total. The normalized spacial score (nSPS) is 14.2. The van der Waals surface area contributed by atoms with Crippen LogP contribution < -0.4 is 0 Å². The van der Waals surface area contributed by atoms with Gasteiger partial charge in [0.25, 0.3) is 0 Å². The Labute approximate surface area is 229 Å². The number of pyridine rings is 1. The highest BCUT2D eigenvalue weighted by Gasteiger charge is 2.30. The Kier molecular flexibility index (Phi) is 7.75. The zero-order valence-electron chi connectivity index (χ0n) is 22.7. The van der Waals surface area contributed by atoms with E-state index in [0.717, 1.165) is 57.8 Å². The average Bonchev–Trinajstić information content (AvgIpc) is 2.95. The Morgan fingerprint density at radius 1 is 0.949 bits per heavy atom. The van der Waals surface area contributed by atoms with E-state index < -0.39 is 5.60 Å². The molecule has 3 aromatic carbocycles. The standard InChI is InChI=1S/C33H34N2O4/c1-33(2,3)39-32(37)35(28-14-16-38-17-15-28)21-23-12-13-31-30(18-23)29(20-27(22-36)34-31)26-11-7-10-25(19-26)24-8-5-4-6-9-24/h4-13,18-20,22,28H,14-17,21H2,1-3H3. The summed E-state index contributed by atoms with van der Waals surface area (Å²) in [6, 6.07) is 26.4. The van der Waals surface area contributed by atoms with Crippen LogP contribution in [0.2, 0.25) is 0 Å². The number of hydrogen-bond donors (Lipinski definition) is 0. The van der Waals surface area contributed by atoms with Crippen molar-refractivity contribution in [3.63, 3.8) is 0 Å². The SMILES string of the molecule is CC(C)(C)OC(=O)N(Cc1ccc2nc(C=O)cc(-c3cccc(-c4ccccc4)c3)c2c1)C1CCOCC1. The van der Waals surface area contributed by atoms with Crippen LogP contribution in [0.5, 0.6) is 0 Å². The number of ether oxygens (including phenoxy) is 2. The summed E-state index contributed by atoms with van der Waals surface area (Å²) in [6.45, 7) is 7.32. The highest BCUT2D eigenvalue weighted by molar-refractivity contribution is 5.98. The maximum absolute atomic E-state index is 13.3. The molecule has 1 aliphatic rings. The third-order valence-corrected chi connectivity index (χ3v) is 6.91. The van der Waals surface area contributed by atoms with Crippen molar-refractivity contribution >= 4 is 23.3 Å².